The maximum Gasteiger partial charge on any atom is 0.250 e. The van der Waals surface area contributed by atoms with E-state index in [1.54, 1.807) is 12.1 Å². The van der Waals surface area contributed by atoms with Crippen molar-refractivity contribution in [2.24, 2.45) is 11.7 Å². The first kappa shape index (κ1) is 22.0. The van der Waals surface area contributed by atoms with Crippen molar-refractivity contribution in [3.63, 3.8) is 0 Å². The summed E-state index contributed by atoms with van der Waals surface area (Å²) in [6.07, 6.45) is 2.31. The highest BCUT2D eigenvalue weighted by Crippen LogP contribution is 2.58. The van der Waals surface area contributed by atoms with Crippen LogP contribution in [0.15, 0.2) is 30.3 Å². The standard InChI is InChI=1S/C23H23Cl2F2N3O2/c24-14-3-1-2-12(20(14)27)19-21(28)18(6-7-31)30(10-11-4-5-11)23(19)13-8-16(26)15(25)9-17(13)29-22(23)32/h1-3,8-9,11,18-19,21,31H,4-7,10,28H2,(H,29,32)/t18-,19-,21+,23+/m0/s1. The van der Waals surface area contributed by atoms with Crippen molar-refractivity contribution in [2.75, 3.05) is 18.5 Å². The number of amides is 1. The molecule has 4 N–H and O–H groups in total. The number of anilines is 1. The van der Waals surface area contributed by atoms with Crippen LogP contribution in [0.5, 0.6) is 0 Å². The van der Waals surface area contributed by atoms with E-state index in [0.29, 0.717) is 30.1 Å². The minimum absolute atomic E-state index is 0.0786. The molecule has 9 heteroatoms. The van der Waals surface area contributed by atoms with Crippen molar-refractivity contribution in [3.05, 3.63) is 63.1 Å². The van der Waals surface area contributed by atoms with E-state index in [1.165, 1.54) is 18.2 Å². The van der Waals surface area contributed by atoms with Crippen LogP contribution in [-0.4, -0.2) is 41.1 Å². The fourth-order valence-electron chi connectivity index (χ4n) is 5.58. The van der Waals surface area contributed by atoms with Crippen LogP contribution in [0.3, 0.4) is 0 Å². The van der Waals surface area contributed by atoms with Gasteiger partial charge < -0.3 is 16.2 Å². The quantitative estimate of drug-likeness (QED) is 0.602. The van der Waals surface area contributed by atoms with E-state index < -0.39 is 41.1 Å². The van der Waals surface area contributed by atoms with Crippen LogP contribution < -0.4 is 11.1 Å². The summed E-state index contributed by atoms with van der Waals surface area (Å²) in [5.41, 5.74) is 6.24. The Kier molecular flexibility index (Phi) is 5.46. The molecule has 1 spiro atoms. The summed E-state index contributed by atoms with van der Waals surface area (Å²) in [6, 6.07) is 6.12. The monoisotopic (exact) mass is 481 g/mol. The smallest absolute Gasteiger partial charge is 0.250 e. The molecule has 5 rings (SSSR count). The molecule has 32 heavy (non-hydrogen) atoms. The topological polar surface area (TPSA) is 78.6 Å². The molecule has 0 bridgehead atoms. The number of halogens is 4. The largest absolute Gasteiger partial charge is 0.396 e. The van der Waals surface area contributed by atoms with Crippen molar-refractivity contribution in [2.45, 2.75) is 42.8 Å². The van der Waals surface area contributed by atoms with E-state index in [-0.39, 0.29) is 22.2 Å². The third kappa shape index (κ3) is 3.10. The number of nitrogens with two attached hydrogens (primary N) is 1. The molecule has 1 aliphatic carbocycles. The lowest BCUT2D eigenvalue weighted by Crippen LogP contribution is -2.53. The molecule has 3 aliphatic rings. The third-order valence-electron chi connectivity index (χ3n) is 7.09. The molecular weight excluding hydrogens is 459 g/mol. The highest BCUT2D eigenvalue weighted by Gasteiger charge is 2.66. The highest BCUT2D eigenvalue weighted by atomic mass is 35.5. The molecular formula is C23H23Cl2F2N3O2. The Hall–Kier alpha value is -1.77. The number of nitrogens with one attached hydrogen (secondary N) is 1. The number of hydrogen-bond acceptors (Lipinski definition) is 4. The van der Waals surface area contributed by atoms with Gasteiger partial charge in [0.1, 0.15) is 17.2 Å². The first-order valence-electron chi connectivity index (χ1n) is 10.7. The highest BCUT2D eigenvalue weighted by molar-refractivity contribution is 6.31. The maximum absolute atomic E-state index is 15.3. The molecule has 2 aromatic carbocycles. The number of benzene rings is 2. The fraction of sp³-hybridized carbons (Fsp3) is 0.435. The summed E-state index contributed by atoms with van der Waals surface area (Å²) >= 11 is 12.1. The summed E-state index contributed by atoms with van der Waals surface area (Å²) in [4.78, 5) is 15.7. The van der Waals surface area contributed by atoms with Crippen LogP contribution in [0.4, 0.5) is 14.5 Å². The minimum Gasteiger partial charge on any atom is -0.396 e. The lowest BCUT2D eigenvalue weighted by molar-refractivity contribution is -0.128. The molecule has 0 radical (unpaired) electrons. The number of likely N-dealkylation sites (tertiary alicyclic amines) is 1. The first-order valence-corrected chi connectivity index (χ1v) is 11.4. The van der Waals surface area contributed by atoms with E-state index in [0.717, 1.165) is 12.8 Å². The van der Waals surface area contributed by atoms with Gasteiger partial charge in [-0.25, -0.2) is 8.78 Å². The first-order chi connectivity index (χ1) is 15.3. The number of hydrogen-bond donors (Lipinski definition) is 3. The molecule has 2 heterocycles. The number of aliphatic hydroxyl groups is 1. The van der Waals surface area contributed by atoms with Gasteiger partial charge >= 0.3 is 0 Å². The van der Waals surface area contributed by atoms with Crippen molar-refractivity contribution in [1.82, 2.24) is 4.90 Å². The zero-order valence-electron chi connectivity index (χ0n) is 17.1. The van der Waals surface area contributed by atoms with Crippen LogP contribution in [0.1, 0.15) is 36.3 Å². The van der Waals surface area contributed by atoms with Gasteiger partial charge in [0.2, 0.25) is 5.91 Å². The van der Waals surface area contributed by atoms with Gasteiger partial charge in [0.25, 0.3) is 0 Å². The number of rotatable bonds is 5. The number of nitrogens with zero attached hydrogens (tertiary/aromatic N) is 1. The van der Waals surface area contributed by atoms with Gasteiger partial charge in [-0.05, 0) is 48.9 Å². The average Bonchev–Trinajstić information content (AvgIpc) is 3.49. The number of fused-ring (bicyclic) bond motifs is 2. The van der Waals surface area contributed by atoms with Crippen molar-refractivity contribution < 1.29 is 18.7 Å². The Balaban J connectivity index is 1.80. The van der Waals surface area contributed by atoms with Gasteiger partial charge in [-0.2, -0.15) is 0 Å². The fourth-order valence-corrected chi connectivity index (χ4v) is 5.93. The molecule has 4 atom stereocenters. The van der Waals surface area contributed by atoms with Gasteiger partial charge in [-0.15, -0.1) is 0 Å². The van der Waals surface area contributed by atoms with Crippen LogP contribution in [0.2, 0.25) is 10.0 Å². The van der Waals surface area contributed by atoms with Crippen molar-refractivity contribution in [3.8, 4) is 0 Å². The second kappa shape index (κ2) is 7.92. The molecule has 1 saturated heterocycles. The summed E-state index contributed by atoms with van der Waals surface area (Å²) in [6.45, 7) is 0.387. The Morgan fingerprint density at radius 2 is 1.97 bits per heavy atom. The second-order valence-electron chi connectivity index (χ2n) is 8.91. The van der Waals surface area contributed by atoms with E-state index in [4.69, 9.17) is 28.9 Å². The van der Waals surface area contributed by atoms with Crippen LogP contribution in [0.25, 0.3) is 0 Å². The molecule has 1 saturated carbocycles. The van der Waals surface area contributed by atoms with Crippen LogP contribution in [0, 0.1) is 17.6 Å². The van der Waals surface area contributed by atoms with E-state index in [1.807, 2.05) is 4.90 Å². The zero-order chi connectivity index (χ0) is 22.8. The summed E-state index contributed by atoms with van der Waals surface area (Å²) in [7, 11) is 0. The van der Waals surface area contributed by atoms with Gasteiger partial charge in [0.15, 0.2) is 0 Å². The van der Waals surface area contributed by atoms with Crippen molar-refractivity contribution >= 4 is 34.8 Å². The average molecular weight is 482 g/mol. The van der Waals surface area contributed by atoms with Crippen molar-refractivity contribution in [1.29, 1.82) is 0 Å². The normalized spacial score (nSPS) is 29.6. The Morgan fingerprint density at radius 3 is 2.66 bits per heavy atom. The van der Waals surface area contributed by atoms with Crippen LogP contribution in [-0.2, 0) is 10.3 Å². The second-order valence-corrected chi connectivity index (χ2v) is 9.72. The Morgan fingerprint density at radius 1 is 1.22 bits per heavy atom. The Bertz CT molecular complexity index is 1100. The van der Waals surface area contributed by atoms with Gasteiger partial charge in [0, 0.05) is 42.4 Å². The SMILES string of the molecule is N[C@@H]1[C@H](CCO)N(CC2CC2)[C@@]2(C(=O)Nc3cc(Cl)c(F)cc32)[C@H]1c1cccc(Cl)c1F. The summed E-state index contributed by atoms with van der Waals surface area (Å²) in [5.74, 6) is -2.22. The number of carbonyl (C=O) groups is 1. The molecule has 5 nitrogen and oxygen atoms in total. The predicted octanol–water partition coefficient (Wildman–Crippen LogP) is 4.01. The van der Waals surface area contributed by atoms with E-state index in [9.17, 15) is 14.3 Å². The predicted molar refractivity (Wildman–Crippen MR) is 119 cm³/mol. The van der Waals surface area contributed by atoms with Crippen LogP contribution >= 0.6 is 23.2 Å². The molecule has 1 amide bonds. The minimum atomic E-state index is -1.45. The van der Waals surface area contributed by atoms with E-state index >= 15 is 4.39 Å². The molecule has 2 aromatic rings. The third-order valence-corrected chi connectivity index (χ3v) is 7.67. The Labute approximate surface area is 194 Å². The molecule has 0 unspecified atom stereocenters. The van der Waals surface area contributed by atoms with Gasteiger partial charge in [-0.1, -0.05) is 35.3 Å². The molecule has 2 aliphatic heterocycles. The number of aliphatic hydroxyl groups excluding tert-OH is 1. The lowest BCUT2D eigenvalue weighted by Gasteiger charge is -2.39. The molecule has 170 valence electrons. The zero-order valence-corrected chi connectivity index (χ0v) is 18.6. The van der Waals surface area contributed by atoms with E-state index in [2.05, 4.69) is 5.32 Å². The lowest BCUT2D eigenvalue weighted by atomic mass is 9.73. The molecule has 2 fully saturated rings. The number of carbonyl (C=O) groups excluding carboxylic acids is 1. The van der Waals surface area contributed by atoms with Gasteiger partial charge in [0.05, 0.1) is 10.0 Å². The summed E-state index contributed by atoms with van der Waals surface area (Å²) in [5, 5.41) is 12.4. The van der Waals surface area contributed by atoms with Gasteiger partial charge in [-0.3, -0.25) is 9.69 Å². The molecule has 0 aromatic heterocycles. The maximum atomic E-state index is 15.3. The summed E-state index contributed by atoms with van der Waals surface area (Å²) < 4.78 is 30.0.